The molecule has 0 heterocycles. The first kappa shape index (κ1) is 10.8. The summed E-state index contributed by atoms with van der Waals surface area (Å²) in [7, 11) is 0. The van der Waals surface area contributed by atoms with Crippen LogP contribution >= 0.6 is 0 Å². The van der Waals surface area contributed by atoms with Crippen LogP contribution in [0.1, 0.15) is 20.8 Å². The van der Waals surface area contributed by atoms with Crippen LogP contribution in [0.3, 0.4) is 0 Å². The van der Waals surface area contributed by atoms with Crippen molar-refractivity contribution in [1.29, 1.82) is 0 Å². The molecule has 68 valence electrons. The normalized spacial score (nSPS) is 17.5. The van der Waals surface area contributed by atoms with E-state index in [4.69, 9.17) is 10.5 Å². The highest BCUT2D eigenvalue weighted by molar-refractivity contribution is 4.81. The molecule has 0 saturated heterocycles. The van der Waals surface area contributed by atoms with Crippen molar-refractivity contribution >= 4 is 0 Å². The number of halogens is 2. The summed E-state index contributed by atoms with van der Waals surface area (Å²) < 4.78 is 29.1. The van der Waals surface area contributed by atoms with Crippen LogP contribution in [0.25, 0.3) is 0 Å². The molecule has 0 spiro atoms. The molecule has 4 heteroatoms. The van der Waals surface area contributed by atoms with Gasteiger partial charge in [-0.25, -0.2) is 8.78 Å². The topological polar surface area (TPSA) is 35.2 Å². The van der Waals surface area contributed by atoms with Gasteiger partial charge in [0.05, 0.1) is 18.2 Å². The molecule has 0 bridgehead atoms. The summed E-state index contributed by atoms with van der Waals surface area (Å²) in [6.45, 7) is 4.73. The molecule has 11 heavy (non-hydrogen) atoms. The fourth-order valence-electron chi connectivity index (χ4n) is 0.409. The minimum Gasteiger partial charge on any atom is -0.377 e. The van der Waals surface area contributed by atoms with Gasteiger partial charge in [0.2, 0.25) is 0 Å². The van der Waals surface area contributed by atoms with Crippen molar-refractivity contribution < 1.29 is 13.5 Å². The van der Waals surface area contributed by atoms with E-state index in [2.05, 4.69) is 0 Å². The molecule has 0 saturated carbocycles. The van der Waals surface area contributed by atoms with E-state index in [1.54, 1.807) is 13.8 Å². The number of alkyl halides is 2. The SMILES string of the molecule is CC(C)OCC(C)(N)C(F)F. The van der Waals surface area contributed by atoms with Gasteiger partial charge in [-0.05, 0) is 20.8 Å². The number of hydrogen-bond donors (Lipinski definition) is 1. The lowest BCUT2D eigenvalue weighted by Gasteiger charge is -2.24. The number of nitrogens with two attached hydrogens (primary N) is 1. The Morgan fingerprint density at radius 1 is 1.45 bits per heavy atom. The van der Waals surface area contributed by atoms with Gasteiger partial charge in [-0.2, -0.15) is 0 Å². The molecule has 1 unspecified atom stereocenters. The van der Waals surface area contributed by atoms with Crippen molar-refractivity contribution in [2.45, 2.75) is 38.8 Å². The quantitative estimate of drug-likeness (QED) is 0.686. The average molecular weight is 167 g/mol. The van der Waals surface area contributed by atoms with Crippen molar-refractivity contribution in [3.63, 3.8) is 0 Å². The summed E-state index contributed by atoms with van der Waals surface area (Å²) in [6, 6.07) is 0. The average Bonchev–Trinajstić information content (AvgIpc) is 1.84. The molecule has 0 aromatic carbocycles. The van der Waals surface area contributed by atoms with Gasteiger partial charge in [0.25, 0.3) is 6.43 Å². The summed E-state index contributed by atoms with van der Waals surface area (Å²) in [5.74, 6) is 0. The van der Waals surface area contributed by atoms with Crippen molar-refractivity contribution in [3.05, 3.63) is 0 Å². The molecular formula is C7H15F2NO. The monoisotopic (exact) mass is 167 g/mol. The second-order valence-electron chi connectivity index (χ2n) is 3.17. The Hall–Kier alpha value is -0.220. The second kappa shape index (κ2) is 3.97. The van der Waals surface area contributed by atoms with Gasteiger partial charge in [0, 0.05) is 0 Å². The van der Waals surface area contributed by atoms with Crippen molar-refractivity contribution in [2.24, 2.45) is 5.73 Å². The molecule has 0 fully saturated rings. The first-order chi connectivity index (χ1) is 4.86. The number of ether oxygens (including phenoxy) is 1. The van der Waals surface area contributed by atoms with Gasteiger partial charge in [-0.15, -0.1) is 0 Å². The Morgan fingerprint density at radius 3 is 2.18 bits per heavy atom. The molecule has 2 N–H and O–H groups in total. The largest absolute Gasteiger partial charge is 0.377 e. The maximum absolute atomic E-state index is 12.1. The van der Waals surface area contributed by atoms with E-state index in [1.807, 2.05) is 0 Å². The summed E-state index contributed by atoms with van der Waals surface area (Å²) >= 11 is 0. The van der Waals surface area contributed by atoms with E-state index in [9.17, 15) is 8.78 Å². The Balaban J connectivity index is 3.73. The summed E-state index contributed by atoms with van der Waals surface area (Å²) in [5, 5.41) is 0. The van der Waals surface area contributed by atoms with E-state index in [1.165, 1.54) is 6.92 Å². The van der Waals surface area contributed by atoms with Crippen molar-refractivity contribution in [3.8, 4) is 0 Å². The van der Waals surface area contributed by atoms with Gasteiger partial charge >= 0.3 is 0 Å². The van der Waals surface area contributed by atoms with Gasteiger partial charge in [0.1, 0.15) is 0 Å². The minimum atomic E-state index is -2.54. The molecule has 2 nitrogen and oxygen atoms in total. The zero-order valence-electron chi connectivity index (χ0n) is 7.10. The highest BCUT2D eigenvalue weighted by Gasteiger charge is 2.30. The van der Waals surface area contributed by atoms with E-state index in [0.29, 0.717) is 0 Å². The molecule has 0 aliphatic carbocycles. The van der Waals surface area contributed by atoms with E-state index >= 15 is 0 Å². The Labute approximate surface area is 65.7 Å². The van der Waals surface area contributed by atoms with Crippen LogP contribution in [-0.2, 0) is 4.74 Å². The minimum absolute atomic E-state index is 0.0587. The first-order valence-electron chi connectivity index (χ1n) is 3.55. The van der Waals surface area contributed by atoms with Crippen LogP contribution in [0.5, 0.6) is 0 Å². The van der Waals surface area contributed by atoms with Gasteiger partial charge in [-0.3, -0.25) is 0 Å². The predicted octanol–water partition coefficient (Wildman–Crippen LogP) is 1.39. The standard InChI is InChI=1S/C7H15F2NO/c1-5(2)11-4-7(3,10)6(8)9/h5-6H,4,10H2,1-3H3. The molecule has 0 rings (SSSR count). The van der Waals surface area contributed by atoms with Crippen LogP contribution in [0.15, 0.2) is 0 Å². The first-order valence-corrected chi connectivity index (χ1v) is 3.55. The van der Waals surface area contributed by atoms with Crippen LogP contribution in [-0.4, -0.2) is 24.7 Å². The highest BCUT2D eigenvalue weighted by atomic mass is 19.3. The maximum atomic E-state index is 12.1. The second-order valence-corrected chi connectivity index (χ2v) is 3.17. The van der Waals surface area contributed by atoms with Crippen LogP contribution in [0.2, 0.25) is 0 Å². The lowest BCUT2D eigenvalue weighted by Crippen LogP contribution is -2.48. The molecule has 0 radical (unpaired) electrons. The van der Waals surface area contributed by atoms with Gasteiger partial charge < -0.3 is 10.5 Å². The van der Waals surface area contributed by atoms with Crippen molar-refractivity contribution in [1.82, 2.24) is 0 Å². The zero-order chi connectivity index (χ0) is 9.07. The van der Waals surface area contributed by atoms with E-state index in [-0.39, 0.29) is 12.7 Å². The van der Waals surface area contributed by atoms with Gasteiger partial charge in [-0.1, -0.05) is 0 Å². The fourth-order valence-corrected chi connectivity index (χ4v) is 0.409. The van der Waals surface area contributed by atoms with E-state index in [0.717, 1.165) is 0 Å². The Morgan fingerprint density at radius 2 is 1.91 bits per heavy atom. The molecule has 0 aromatic rings. The molecule has 1 atom stereocenters. The zero-order valence-corrected chi connectivity index (χ0v) is 7.10. The lowest BCUT2D eigenvalue weighted by molar-refractivity contribution is -0.0217. The summed E-state index contributed by atoms with van der Waals surface area (Å²) in [5.41, 5.74) is 3.71. The summed E-state index contributed by atoms with van der Waals surface area (Å²) in [4.78, 5) is 0. The highest BCUT2D eigenvalue weighted by Crippen LogP contribution is 2.12. The summed E-state index contributed by atoms with van der Waals surface area (Å²) in [6.07, 6.45) is -2.60. The molecule has 0 aliphatic heterocycles. The third-order valence-electron chi connectivity index (χ3n) is 1.23. The van der Waals surface area contributed by atoms with Crippen LogP contribution < -0.4 is 5.73 Å². The molecular weight excluding hydrogens is 152 g/mol. The predicted molar refractivity (Wildman–Crippen MR) is 39.7 cm³/mol. The lowest BCUT2D eigenvalue weighted by atomic mass is 10.1. The Bertz CT molecular complexity index is 115. The van der Waals surface area contributed by atoms with Crippen LogP contribution in [0.4, 0.5) is 8.78 Å². The van der Waals surface area contributed by atoms with Crippen LogP contribution in [0, 0.1) is 0 Å². The molecule has 0 aliphatic rings. The third-order valence-corrected chi connectivity index (χ3v) is 1.23. The van der Waals surface area contributed by atoms with Crippen molar-refractivity contribution in [2.75, 3.05) is 6.61 Å². The maximum Gasteiger partial charge on any atom is 0.258 e. The smallest absolute Gasteiger partial charge is 0.258 e. The molecule has 0 amide bonds. The number of hydrogen-bond acceptors (Lipinski definition) is 2. The fraction of sp³-hybridized carbons (Fsp3) is 1.00. The number of rotatable bonds is 4. The van der Waals surface area contributed by atoms with E-state index < -0.39 is 12.0 Å². The Kier molecular flexibility index (Phi) is 3.89. The molecule has 0 aromatic heterocycles. The van der Waals surface area contributed by atoms with Gasteiger partial charge in [0.15, 0.2) is 0 Å². The third kappa shape index (κ3) is 4.27.